The van der Waals surface area contributed by atoms with E-state index in [1.807, 2.05) is 37.3 Å². The van der Waals surface area contributed by atoms with Crippen LogP contribution in [0.15, 0.2) is 30.3 Å². The first kappa shape index (κ1) is 14.1. The third kappa shape index (κ3) is 4.06. The number of hydrogen-bond donors (Lipinski definition) is 0. The molecule has 0 aromatic heterocycles. The maximum Gasteiger partial charge on any atom is 0.313 e. The molecular formula is C16H22O3. The monoisotopic (exact) mass is 262 g/mol. The van der Waals surface area contributed by atoms with Crippen LogP contribution in [0.5, 0.6) is 0 Å². The molecule has 3 nitrogen and oxygen atoms in total. The Labute approximate surface area is 114 Å². The van der Waals surface area contributed by atoms with Crippen molar-refractivity contribution in [2.24, 2.45) is 0 Å². The Kier molecular flexibility index (Phi) is 5.40. The summed E-state index contributed by atoms with van der Waals surface area (Å²) in [5.74, 6) is -0.298. The summed E-state index contributed by atoms with van der Waals surface area (Å²) < 4.78 is 11.0. The van der Waals surface area contributed by atoms with Crippen molar-refractivity contribution >= 4 is 5.97 Å². The first-order chi connectivity index (χ1) is 9.31. The lowest BCUT2D eigenvalue weighted by molar-refractivity contribution is -0.151. The smallest absolute Gasteiger partial charge is 0.313 e. The molecule has 2 atom stereocenters. The molecule has 104 valence electrons. The van der Waals surface area contributed by atoms with E-state index in [0.29, 0.717) is 6.61 Å². The lowest BCUT2D eigenvalue weighted by Gasteiger charge is -2.23. The molecule has 0 bridgehead atoms. The van der Waals surface area contributed by atoms with Gasteiger partial charge in [0.25, 0.3) is 0 Å². The first-order valence-corrected chi connectivity index (χ1v) is 7.14. The normalized spacial score (nSPS) is 20.8. The number of benzene rings is 1. The van der Waals surface area contributed by atoms with E-state index in [4.69, 9.17) is 9.47 Å². The Morgan fingerprint density at radius 1 is 1.37 bits per heavy atom. The van der Waals surface area contributed by atoms with Crippen LogP contribution in [0, 0.1) is 0 Å². The summed E-state index contributed by atoms with van der Waals surface area (Å²) in [6.45, 7) is 3.19. The van der Waals surface area contributed by atoms with Crippen molar-refractivity contribution in [3.63, 3.8) is 0 Å². The van der Waals surface area contributed by atoms with E-state index in [2.05, 4.69) is 0 Å². The van der Waals surface area contributed by atoms with E-state index in [0.717, 1.165) is 37.9 Å². The second kappa shape index (κ2) is 7.29. The van der Waals surface area contributed by atoms with Crippen LogP contribution >= 0.6 is 0 Å². The van der Waals surface area contributed by atoms with Crippen molar-refractivity contribution in [2.75, 3.05) is 13.2 Å². The minimum atomic E-state index is -0.162. The van der Waals surface area contributed by atoms with Crippen LogP contribution in [0.1, 0.15) is 44.1 Å². The largest absolute Gasteiger partial charge is 0.462 e. The third-order valence-electron chi connectivity index (χ3n) is 3.58. The van der Waals surface area contributed by atoms with Crippen LogP contribution in [0.2, 0.25) is 0 Å². The summed E-state index contributed by atoms with van der Waals surface area (Å²) in [5.41, 5.74) is 1.03. The molecule has 1 aromatic carbocycles. The molecule has 1 aliphatic heterocycles. The molecule has 1 saturated heterocycles. The molecule has 3 heteroatoms. The average molecular weight is 262 g/mol. The van der Waals surface area contributed by atoms with Crippen LogP contribution in [0.3, 0.4) is 0 Å². The van der Waals surface area contributed by atoms with E-state index in [1.165, 1.54) is 0 Å². The lowest BCUT2D eigenvalue weighted by Crippen LogP contribution is -2.27. The standard InChI is InChI=1S/C16H22O3/c1-2-15(13-8-4-3-5-9-13)16(17)19-12-14-10-6-7-11-18-14/h3-5,8-9,14-15H,2,6-7,10-12H2,1H3. The highest BCUT2D eigenvalue weighted by Gasteiger charge is 2.22. The van der Waals surface area contributed by atoms with Gasteiger partial charge in [0.05, 0.1) is 12.0 Å². The summed E-state index contributed by atoms with van der Waals surface area (Å²) in [6, 6.07) is 9.82. The highest BCUT2D eigenvalue weighted by molar-refractivity contribution is 5.78. The molecule has 1 aliphatic rings. The summed E-state index contributed by atoms with van der Waals surface area (Å²) >= 11 is 0. The van der Waals surface area contributed by atoms with Gasteiger partial charge < -0.3 is 9.47 Å². The highest BCUT2D eigenvalue weighted by Crippen LogP contribution is 2.21. The van der Waals surface area contributed by atoms with Gasteiger partial charge in [-0.25, -0.2) is 0 Å². The zero-order chi connectivity index (χ0) is 13.5. The summed E-state index contributed by atoms with van der Waals surface area (Å²) in [6.07, 6.45) is 4.12. The van der Waals surface area contributed by atoms with Gasteiger partial charge in [0, 0.05) is 6.61 Å². The fraction of sp³-hybridized carbons (Fsp3) is 0.562. The van der Waals surface area contributed by atoms with Gasteiger partial charge in [0.15, 0.2) is 0 Å². The topological polar surface area (TPSA) is 35.5 Å². The molecule has 19 heavy (non-hydrogen) atoms. The van der Waals surface area contributed by atoms with E-state index in [9.17, 15) is 4.79 Å². The van der Waals surface area contributed by atoms with Crippen molar-refractivity contribution in [2.45, 2.75) is 44.6 Å². The Morgan fingerprint density at radius 2 is 2.16 bits per heavy atom. The molecular weight excluding hydrogens is 240 g/mol. The van der Waals surface area contributed by atoms with Crippen LogP contribution in [-0.2, 0) is 14.3 Å². The molecule has 1 heterocycles. The second-order valence-corrected chi connectivity index (χ2v) is 4.99. The van der Waals surface area contributed by atoms with Crippen molar-refractivity contribution in [3.05, 3.63) is 35.9 Å². The zero-order valence-electron chi connectivity index (χ0n) is 11.5. The number of esters is 1. The summed E-state index contributed by atoms with van der Waals surface area (Å²) in [4.78, 5) is 12.1. The predicted octanol–water partition coefficient (Wildman–Crippen LogP) is 3.29. The zero-order valence-corrected chi connectivity index (χ0v) is 11.5. The van der Waals surface area contributed by atoms with Gasteiger partial charge >= 0.3 is 5.97 Å². The fourth-order valence-corrected chi connectivity index (χ4v) is 2.44. The van der Waals surface area contributed by atoms with E-state index < -0.39 is 0 Å². The Morgan fingerprint density at radius 3 is 2.79 bits per heavy atom. The molecule has 1 fully saturated rings. The number of rotatable bonds is 5. The van der Waals surface area contributed by atoms with Gasteiger partial charge in [0.2, 0.25) is 0 Å². The molecule has 0 aliphatic carbocycles. The van der Waals surface area contributed by atoms with Crippen molar-refractivity contribution < 1.29 is 14.3 Å². The van der Waals surface area contributed by atoms with E-state index in [-0.39, 0.29) is 18.0 Å². The molecule has 0 N–H and O–H groups in total. The van der Waals surface area contributed by atoms with Crippen LogP contribution in [-0.4, -0.2) is 25.3 Å². The van der Waals surface area contributed by atoms with Crippen LogP contribution in [0.4, 0.5) is 0 Å². The van der Waals surface area contributed by atoms with Gasteiger partial charge in [-0.3, -0.25) is 4.79 Å². The van der Waals surface area contributed by atoms with Gasteiger partial charge in [-0.2, -0.15) is 0 Å². The molecule has 0 radical (unpaired) electrons. The van der Waals surface area contributed by atoms with Crippen LogP contribution < -0.4 is 0 Å². The van der Waals surface area contributed by atoms with Gasteiger partial charge in [-0.15, -0.1) is 0 Å². The number of ether oxygens (including phenoxy) is 2. The Bertz CT molecular complexity index is 382. The average Bonchev–Trinajstić information content (AvgIpc) is 2.48. The Balaban J connectivity index is 1.86. The second-order valence-electron chi connectivity index (χ2n) is 4.99. The maximum absolute atomic E-state index is 12.1. The molecule has 0 saturated carbocycles. The number of hydrogen-bond acceptors (Lipinski definition) is 3. The SMILES string of the molecule is CCC(C(=O)OCC1CCCCO1)c1ccccc1. The highest BCUT2D eigenvalue weighted by atomic mass is 16.6. The summed E-state index contributed by atoms with van der Waals surface area (Å²) in [5, 5.41) is 0. The minimum Gasteiger partial charge on any atom is -0.462 e. The minimum absolute atomic E-state index is 0.0889. The predicted molar refractivity (Wildman–Crippen MR) is 74.0 cm³/mol. The van der Waals surface area contributed by atoms with E-state index in [1.54, 1.807) is 0 Å². The number of carbonyl (C=O) groups is 1. The molecule has 0 amide bonds. The van der Waals surface area contributed by atoms with Crippen molar-refractivity contribution in [1.29, 1.82) is 0 Å². The molecule has 2 rings (SSSR count). The van der Waals surface area contributed by atoms with Crippen LogP contribution in [0.25, 0.3) is 0 Å². The number of carbonyl (C=O) groups excluding carboxylic acids is 1. The van der Waals surface area contributed by atoms with Gasteiger partial charge in [0.1, 0.15) is 6.61 Å². The van der Waals surface area contributed by atoms with Gasteiger partial charge in [-0.05, 0) is 31.2 Å². The molecule has 1 aromatic rings. The summed E-state index contributed by atoms with van der Waals surface area (Å²) in [7, 11) is 0. The van der Waals surface area contributed by atoms with E-state index >= 15 is 0 Å². The fourth-order valence-electron chi connectivity index (χ4n) is 2.44. The first-order valence-electron chi connectivity index (χ1n) is 7.14. The lowest BCUT2D eigenvalue weighted by atomic mass is 9.97. The maximum atomic E-state index is 12.1. The van der Waals surface area contributed by atoms with Gasteiger partial charge in [-0.1, -0.05) is 37.3 Å². The molecule has 0 spiro atoms. The Hall–Kier alpha value is -1.35. The quantitative estimate of drug-likeness (QED) is 0.764. The molecule has 2 unspecified atom stereocenters. The third-order valence-corrected chi connectivity index (χ3v) is 3.58. The van der Waals surface area contributed by atoms with Crippen molar-refractivity contribution in [3.8, 4) is 0 Å². The van der Waals surface area contributed by atoms with Crippen molar-refractivity contribution in [1.82, 2.24) is 0 Å².